The number of aromatic nitrogens is 3. The fourth-order valence-corrected chi connectivity index (χ4v) is 3.39. The van der Waals surface area contributed by atoms with E-state index in [0.717, 1.165) is 16.2 Å². The fourth-order valence-electron chi connectivity index (χ4n) is 2.59. The number of hydrogen-bond acceptors (Lipinski definition) is 4. The Hall–Kier alpha value is -2.60. The van der Waals surface area contributed by atoms with Crippen LogP contribution in [0.15, 0.2) is 71.9 Å². The number of carbonyl (C=O) groups excluding carboxylic acids is 1. The van der Waals surface area contributed by atoms with E-state index in [9.17, 15) is 4.79 Å². The van der Waals surface area contributed by atoms with Gasteiger partial charge >= 0.3 is 0 Å². The van der Waals surface area contributed by atoms with Gasteiger partial charge in [0.2, 0.25) is 0 Å². The van der Waals surface area contributed by atoms with E-state index in [1.54, 1.807) is 29.0 Å². The maximum atomic E-state index is 12.9. The van der Waals surface area contributed by atoms with Gasteiger partial charge in [0.15, 0.2) is 0 Å². The van der Waals surface area contributed by atoms with Crippen LogP contribution in [0.1, 0.15) is 28.9 Å². The van der Waals surface area contributed by atoms with Crippen LogP contribution < -0.4 is 5.32 Å². The van der Waals surface area contributed by atoms with Gasteiger partial charge in [0.05, 0.1) is 30.5 Å². The van der Waals surface area contributed by atoms with E-state index < -0.39 is 0 Å². The van der Waals surface area contributed by atoms with Gasteiger partial charge in [-0.1, -0.05) is 49.4 Å². The van der Waals surface area contributed by atoms with E-state index in [0.29, 0.717) is 12.1 Å². The van der Waals surface area contributed by atoms with E-state index in [1.807, 2.05) is 54.6 Å². The first-order chi connectivity index (χ1) is 12.3. The lowest BCUT2D eigenvalue weighted by Gasteiger charge is -2.19. The molecule has 1 heterocycles. The predicted octanol–water partition coefficient (Wildman–Crippen LogP) is 3.56. The van der Waals surface area contributed by atoms with Crippen molar-refractivity contribution in [2.75, 3.05) is 5.75 Å². The summed E-state index contributed by atoms with van der Waals surface area (Å²) in [5, 5.41) is 11.5. The molecule has 1 unspecified atom stereocenters. The maximum Gasteiger partial charge on any atom is 0.252 e. The number of rotatable bonds is 7. The molecule has 0 aliphatic heterocycles. The van der Waals surface area contributed by atoms with Gasteiger partial charge in [-0.2, -0.15) is 15.0 Å². The van der Waals surface area contributed by atoms with Crippen molar-refractivity contribution in [2.24, 2.45) is 0 Å². The fraction of sp³-hybridized carbons (Fsp3) is 0.211. The van der Waals surface area contributed by atoms with Crippen LogP contribution in [0.2, 0.25) is 0 Å². The van der Waals surface area contributed by atoms with E-state index in [1.165, 1.54) is 0 Å². The second-order valence-electron chi connectivity index (χ2n) is 5.45. The third kappa shape index (κ3) is 4.48. The molecular formula is C19H20N4OS. The summed E-state index contributed by atoms with van der Waals surface area (Å²) in [5.41, 5.74) is 1.72. The largest absolute Gasteiger partial charge is 0.343 e. The molecule has 1 aromatic heterocycles. The summed E-state index contributed by atoms with van der Waals surface area (Å²) in [6.07, 6.45) is 3.27. The number of hydrogen-bond donors (Lipinski definition) is 1. The number of carbonyl (C=O) groups is 1. The average molecular weight is 352 g/mol. The summed E-state index contributed by atoms with van der Waals surface area (Å²) < 4.78 is 0. The van der Waals surface area contributed by atoms with Crippen molar-refractivity contribution >= 4 is 17.7 Å². The van der Waals surface area contributed by atoms with Crippen molar-refractivity contribution in [3.8, 4) is 0 Å². The van der Waals surface area contributed by atoms with Gasteiger partial charge in [0.25, 0.3) is 5.91 Å². The summed E-state index contributed by atoms with van der Waals surface area (Å²) in [6, 6.07) is 17.4. The summed E-state index contributed by atoms with van der Waals surface area (Å²) >= 11 is 1.67. The highest BCUT2D eigenvalue weighted by Gasteiger charge is 2.19. The Balaban J connectivity index is 1.83. The van der Waals surface area contributed by atoms with E-state index in [-0.39, 0.29) is 11.9 Å². The molecule has 0 radical (unpaired) electrons. The normalized spacial score (nSPS) is 11.9. The number of benzene rings is 2. The summed E-state index contributed by atoms with van der Waals surface area (Å²) in [4.78, 5) is 15.5. The molecular weight excluding hydrogens is 332 g/mol. The summed E-state index contributed by atoms with van der Waals surface area (Å²) in [5.74, 6) is 0.835. The van der Waals surface area contributed by atoms with Gasteiger partial charge in [-0.05, 0) is 23.4 Å². The Bertz CT molecular complexity index is 805. The first-order valence-corrected chi connectivity index (χ1v) is 9.18. The van der Waals surface area contributed by atoms with E-state index in [2.05, 4.69) is 22.4 Å². The minimum atomic E-state index is -0.208. The zero-order chi connectivity index (χ0) is 17.5. The highest BCUT2D eigenvalue weighted by atomic mass is 32.2. The van der Waals surface area contributed by atoms with Gasteiger partial charge in [0, 0.05) is 4.90 Å². The molecule has 1 amide bonds. The maximum absolute atomic E-state index is 12.9. The molecule has 0 aliphatic rings. The zero-order valence-electron chi connectivity index (χ0n) is 14.0. The highest BCUT2D eigenvalue weighted by Crippen LogP contribution is 2.23. The second kappa shape index (κ2) is 8.48. The van der Waals surface area contributed by atoms with E-state index in [4.69, 9.17) is 0 Å². The topological polar surface area (TPSA) is 59.8 Å². The molecule has 0 bridgehead atoms. The monoisotopic (exact) mass is 352 g/mol. The van der Waals surface area contributed by atoms with Crippen LogP contribution in [0.5, 0.6) is 0 Å². The van der Waals surface area contributed by atoms with Gasteiger partial charge in [0.1, 0.15) is 0 Å². The molecule has 0 spiro atoms. The second-order valence-corrected chi connectivity index (χ2v) is 6.76. The lowest BCUT2D eigenvalue weighted by molar-refractivity contribution is 0.0928. The van der Waals surface area contributed by atoms with Gasteiger partial charge in [-0.25, -0.2) is 0 Å². The van der Waals surface area contributed by atoms with Crippen molar-refractivity contribution in [2.45, 2.75) is 24.4 Å². The van der Waals surface area contributed by atoms with Gasteiger partial charge in [-0.3, -0.25) is 4.79 Å². The van der Waals surface area contributed by atoms with Gasteiger partial charge < -0.3 is 5.32 Å². The lowest BCUT2D eigenvalue weighted by atomic mass is 10.1. The molecule has 128 valence electrons. The van der Waals surface area contributed by atoms with Crippen molar-refractivity contribution < 1.29 is 4.79 Å². The predicted molar refractivity (Wildman–Crippen MR) is 99.5 cm³/mol. The molecule has 6 heteroatoms. The molecule has 25 heavy (non-hydrogen) atoms. The summed E-state index contributed by atoms with van der Waals surface area (Å²) in [6.45, 7) is 2.56. The minimum absolute atomic E-state index is 0.0856. The average Bonchev–Trinajstić information content (AvgIpc) is 3.16. The van der Waals surface area contributed by atoms with Crippen LogP contribution in [0, 0.1) is 0 Å². The van der Waals surface area contributed by atoms with Crippen molar-refractivity contribution in [1.82, 2.24) is 20.3 Å². The molecule has 0 saturated heterocycles. The molecule has 0 aliphatic carbocycles. The van der Waals surface area contributed by atoms with Crippen LogP contribution in [0.25, 0.3) is 0 Å². The molecule has 5 nitrogen and oxygen atoms in total. The Morgan fingerprint density at radius 2 is 1.76 bits per heavy atom. The number of thioether (sulfide) groups is 1. The molecule has 2 aromatic carbocycles. The molecule has 3 rings (SSSR count). The zero-order valence-corrected chi connectivity index (χ0v) is 14.8. The number of amides is 1. The molecule has 0 saturated carbocycles. The number of nitrogens with zero attached hydrogens (tertiary/aromatic N) is 3. The Labute approximate surface area is 151 Å². The van der Waals surface area contributed by atoms with Gasteiger partial charge in [-0.15, -0.1) is 11.8 Å². The Morgan fingerprint density at radius 3 is 2.48 bits per heavy atom. The van der Waals surface area contributed by atoms with Crippen LogP contribution >= 0.6 is 11.8 Å². The molecule has 1 atom stereocenters. The smallest absolute Gasteiger partial charge is 0.252 e. The lowest BCUT2D eigenvalue weighted by Crippen LogP contribution is -2.32. The third-order valence-electron chi connectivity index (χ3n) is 3.75. The Kier molecular flexibility index (Phi) is 5.85. The van der Waals surface area contributed by atoms with Crippen LogP contribution in [-0.2, 0) is 6.54 Å². The standard InChI is InChI=1S/C19H20N4OS/c1-2-25-18-11-7-6-10-16(18)19(24)22-17(14-23-20-12-13-21-23)15-8-4-3-5-9-15/h3-13,17H,2,14H2,1H3,(H,22,24). The summed E-state index contributed by atoms with van der Waals surface area (Å²) in [7, 11) is 0. The SMILES string of the molecule is CCSc1ccccc1C(=O)NC(Cn1nccn1)c1ccccc1. The van der Waals surface area contributed by atoms with Crippen molar-refractivity contribution in [1.29, 1.82) is 0 Å². The van der Waals surface area contributed by atoms with Crippen molar-refractivity contribution in [3.05, 3.63) is 78.1 Å². The van der Waals surface area contributed by atoms with Crippen molar-refractivity contribution in [3.63, 3.8) is 0 Å². The first kappa shape index (κ1) is 17.2. The molecule has 1 N–H and O–H groups in total. The Morgan fingerprint density at radius 1 is 1.08 bits per heavy atom. The van der Waals surface area contributed by atoms with E-state index >= 15 is 0 Å². The number of nitrogens with one attached hydrogen (secondary N) is 1. The highest BCUT2D eigenvalue weighted by molar-refractivity contribution is 7.99. The minimum Gasteiger partial charge on any atom is -0.343 e. The first-order valence-electron chi connectivity index (χ1n) is 8.19. The van der Waals surface area contributed by atoms with Crippen LogP contribution in [0.4, 0.5) is 0 Å². The quantitative estimate of drug-likeness (QED) is 0.661. The van der Waals surface area contributed by atoms with Crippen LogP contribution in [-0.4, -0.2) is 26.7 Å². The molecule has 3 aromatic rings. The third-order valence-corrected chi connectivity index (χ3v) is 4.71. The van der Waals surface area contributed by atoms with Crippen LogP contribution in [0.3, 0.4) is 0 Å². The molecule has 0 fully saturated rings.